The fraction of sp³-hybridized carbons (Fsp3) is 0.385. The van der Waals surface area contributed by atoms with E-state index in [-0.39, 0.29) is 17.8 Å². The van der Waals surface area contributed by atoms with Gasteiger partial charge in [0.1, 0.15) is 12.3 Å². The van der Waals surface area contributed by atoms with Gasteiger partial charge in [-0.3, -0.25) is 19.9 Å². The molecule has 1 aliphatic rings. The Bertz CT molecular complexity index is 445. The highest BCUT2D eigenvalue weighted by Crippen LogP contribution is 2.13. The Morgan fingerprint density at radius 2 is 2.32 bits per heavy atom. The fourth-order valence-corrected chi connectivity index (χ4v) is 1.57. The maximum atomic E-state index is 10.5. The first-order chi connectivity index (χ1) is 9.09. The molecule has 0 aromatic carbocycles. The van der Waals surface area contributed by atoms with Crippen LogP contribution in [0.2, 0.25) is 0 Å². The van der Waals surface area contributed by atoms with E-state index in [0.717, 1.165) is 19.3 Å². The standard InChI is InChI=1S/C8H12O2.C5H4N2O2/c1-7(9)10-8-5-3-2-4-6-8;8-7(9)5-2-1-3-6-4-5/h2-3,8H,4-6H2,1H3;1-4H. The lowest BCUT2D eigenvalue weighted by Gasteiger charge is -2.16. The van der Waals surface area contributed by atoms with Crippen LogP contribution in [0.5, 0.6) is 0 Å². The summed E-state index contributed by atoms with van der Waals surface area (Å²) in [7, 11) is 0. The van der Waals surface area contributed by atoms with Gasteiger partial charge < -0.3 is 4.74 Å². The van der Waals surface area contributed by atoms with Crippen LogP contribution in [0.15, 0.2) is 36.7 Å². The second-order valence-electron chi connectivity index (χ2n) is 3.98. The number of nitro groups is 1. The van der Waals surface area contributed by atoms with Crippen molar-refractivity contribution in [3.05, 3.63) is 46.8 Å². The molecule has 1 aromatic rings. The van der Waals surface area contributed by atoms with Crippen LogP contribution in [0.3, 0.4) is 0 Å². The number of carbonyl (C=O) groups is 1. The molecule has 0 fully saturated rings. The van der Waals surface area contributed by atoms with Gasteiger partial charge in [-0.15, -0.1) is 0 Å². The molecule has 0 aliphatic heterocycles. The fourth-order valence-electron chi connectivity index (χ4n) is 1.57. The SMILES string of the molecule is CC(=O)OC1CC=CCC1.O=[N+]([O-])c1cccnc1. The second kappa shape index (κ2) is 7.97. The molecule has 0 saturated carbocycles. The highest BCUT2D eigenvalue weighted by molar-refractivity contribution is 5.66. The van der Waals surface area contributed by atoms with Gasteiger partial charge in [-0.2, -0.15) is 0 Å². The van der Waals surface area contributed by atoms with Crippen molar-refractivity contribution in [2.45, 2.75) is 32.3 Å². The molecular formula is C13H16N2O4. The van der Waals surface area contributed by atoms with Crippen molar-refractivity contribution < 1.29 is 14.5 Å². The van der Waals surface area contributed by atoms with Gasteiger partial charge in [-0.1, -0.05) is 12.2 Å². The van der Waals surface area contributed by atoms with Gasteiger partial charge in [0.25, 0.3) is 5.69 Å². The summed E-state index contributed by atoms with van der Waals surface area (Å²) in [6, 6.07) is 2.92. The largest absolute Gasteiger partial charge is 0.462 e. The third kappa shape index (κ3) is 6.30. The summed E-state index contributed by atoms with van der Waals surface area (Å²) >= 11 is 0. The van der Waals surface area contributed by atoms with Crippen molar-refractivity contribution in [1.82, 2.24) is 4.98 Å². The van der Waals surface area contributed by atoms with Crippen LogP contribution in [0.1, 0.15) is 26.2 Å². The summed E-state index contributed by atoms with van der Waals surface area (Å²) < 4.78 is 5.00. The lowest BCUT2D eigenvalue weighted by molar-refractivity contribution is -0.385. The number of nitrogens with zero attached hydrogens (tertiary/aromatic N) is 2. The lowest BCUT2D eigenvalue weighted by atomic mass is 10.1. The molecule has 0 spiro atoms. The van der Waals surface area contributed by atoms with E-state index in [4.69, 9.17) is 4.74 Å². The molecule has 1 heterocycles. The average molecular weight is 264 g/mol. The van der Waals surface area contributed by atoms with E-state index in [9.17, 15) is 14.9 Å². The number of carbonyl (C=O) groups excluding carboxylic acids is 1. The summed E-state index contributed by atoms with van der Waals surface area (Å²) in [6.07, 6.45) is 9.94. The highest BCUT2D eigenvalue weighted by atomic mass is 16.6. The smallest absolute Gasteiger partial charge is 0.302 e. The van der Waals surface area contributed by atoms with Crippen LogP contribution in [0, 0.1) is 10.1 Å². The number of ether oxygens (including phenoxy) is 1. The number of pyridine rings is 1. The van der Waals surface area contributed by atoms with E-state index in [1.54, 1.807) is 0 Å². The Balaban J connectivity index is 0.000000191. The first kappa shape index (κ1) is 14.8. The molecule has 0 N–H and O–H groups in total. The number of allylic oxidation sites excluding steroid dienone is 1. The second-order valence-corrected chi connectivity index (χ2v) is 3.98. The Morgan fingerprint density at radius 3 is 2.74 bits per heavy atom. The minimum Gasteiger partial charge on any atom is -0.462 e. The van der Waals surface area contributed by atoms with Gasteiger partial charge in [-0.25, -0.2) is 0 Å². The van der Waals surface area contributed by atoms with Gasteiger partial charge in [-0.05, 0) is 18.9 Å². The van der Waals surface area contributed by atoms with Crippen molar-refractivity contribution in [2.75, 3.05) is 0 Å². The number of hydrogen-bond acceptors (Lipinski definition) is 5. The van der Waals surface area contributed by atoms with E-state index >= 15 is 0 Å². The van der Waals surface area contributed by atoms with Gasteiger partial charge in [0, 0.05) is 25.6 Å². The third-order valence-electron chi connectivity index (χ3n) is 2.41. The molecule has 0 saturated heterocycles. The Hall–Kier alpha value is -2.24. The minimum absolute atomic E-state index is 0.0255. The van der Waals surface area contributed by atoms with Gasteiger partial charge in [0.2, 0.25) is 0 Å². The van der Waals surface area contributed by atoms with E-state index in [1.807, 2.05) is 0 Å². The predicted octanol–water partition coefficient (Wildman–Crippen LogP) is 2.65. The summed E-state index contributed by atoms with van der Waals surface area (Å²) in [5, 5.41) is 9.97. The number of hydrogen-bond donors (Lipinski definition) is 0. The van der Waals surface area contributed by atoms with Crippen molar-refractivity contribution in [2.24, 2.45) is 0 Å². The topological polar surface area (TPSA) is 82.3 Å². The molecule has 0 radical (unpaired) electrons. The monoisotopic (exact) mass is 264 g/mol. The summed E-state index contributed by atoms with van der Waals surface area (Å²) in [5.41, 5.74) is 0.0255. The first-order valence-electron chi connectivity index (χ1n) is 5.96. The van der Waals surface area contributed by atoms with E-state index in [0.29, 0.717) is 0 Å². The Labute approximate surface area is 111 Å². The van der Waals surface area contributed by atoms with Crippen molar-refractivity contribution >= 4 is 11.7 Å². The minimum atomic E-state index is -0.479. The normalized spacial score (nSPS) is 17.0. The molecule has 0 bridgehead atoms. The maximum absolute atomic E-state index is 10.5. The van der Waals surface area contributed by atoms with Gasteiger partial charge in [0.15, 0.2) is 0 Å². The molecule has 6 heteroatoms. The number of esters is 1. The number of aromatic nitrogens is 1. The molecule has 6 nitrogen and oxygen atoms in total. The molecule has 1 aliphatic carbocycles. The third-order valence-corrected chi connectivity index (χ3v) is 2.41. The van der Waals surface area contributed by atoms with Gasteiger partial charge >= 0.3 is 5.97 Å². The maximum Gasteiger partial charge on any atom is 0.302 e. The van der Waals surface area contributed by atoms with Crippen LogP contribution in [-0.4, -0.2) is 22.0 Å². The Morgan fingerprint density at radius 1 is 1.53 bits per heavy atom. The molecule has 1 aromatic heterocycles. The van der Waals surface area contributed by atoms with Crippen molar-refractivity contribution in [1.29, 1.82) is 0 Å². The highest BCUT2D eigenvalue weighted by Gasteiger charge is 2.11. The summed E-state index contributed by atoms with van der Waals surface area (Å²) in [6.45, 7) is 1.46. The van der Waals surface area contributed by atoms with Crippen LogP contribution >= 0.6 is 0 Å². The first-order valence-corrected chi connectivity index (χ1v) is 5.96. The zero-order valence-corrected chi connectivity index (χ0v) is 10.7. The molecule has 2 rings (SSSR count). The zero-order valence-electron chi connectivity index (χ0n) is 10.7. The Kier molecular flexibility index (Phi) is 6.21. The zero-order chi connectivity index (χ0) is 14.1. The van der Waals surface area contributed by atoms with Crippen LogP contribution in [-0.2, 0) is 9.53 Å². The quantitative estimate of drug-likeness (QED) is 0.355. The average Bonchev–Trinajstić information content (AvgIpc) is 2.41. The molecule has 102 valence electrons. The summed E-state index contributed by atoms with van der Waals surface area (Å²) in [5.74, 6) is -0.166. The molecule has 0 amide bonds. The van der Waals surface area contributed by atoms with Crippen LogP contribution < -0.4 is 0 Å². The van der Waals surface area contributed by atoms with Gasteiger partial charge in [0.05, 0.1) is 4.92 Å². The van der Waals surface area contributed by atoms with Crippen LogP contribution in [0.25, 0.3) is 0 Å². The lowest BCUT2D eigenvalue weighted by Crippen LogP contribution is -2.16. The summed E-state index contributed by atoms with van der Waals surface area (Å²) in [4.78, 5) is 23.5. The number of rotatable bonds is 2. The van der Waals surface area contributed by atoms with E-state index in [2.05, 4.69) is 17.1 Å². The van der Waals surface area contributed by atoms with Crippen molar-refractivity contribution in [3.8, 4) is 0 Å². The molecule has 1 atom stereocenters. The van der Waals surface area contributed by atoms with E-state index in [1.165, 1.54) is 31.5 Å². The van der Waals surface area contributed by atoms with Crippen molar-refractivity contribution in [3.63, 3.8) is 0 Å². The predicted molar refractivity (Wildman–Crippen MR) is 69.4 cm³/mol. The molecule has 1 unspecified atom stereocenters. The molecule has 19 heavy (non-hydrogen) atoms. The van der Waals surface area contributed by atoms with Crippen LogP contribution in [0.4, 0.5) is 5.69 Å². The van der Waals surface area contributed by atoms with E-state index < -0.39 is 4.92 Å². The molecular weight excluding hydrogens is 248 g/mol.